The molecule has 0 radical (unpaired) electrons. The van der Waals surface area contributed by atoms with Crippen molar-refractivity contribution in [2.45, 2.75) is 6.54 Å². The monoisotopic (exact) mass is 211 g/mol. The summed E-state index contributed by atoms with van der Waals surface area (Å²) in [5.74, 6) is -0.262. The van der Waals surface area contributed by atoms with E-state index in [1.165, 1.54) is 5.56 Å². The number of nitriles is 2. The molecule has 1 heterocycles. The molecule has 0 spiro atoms. The van der Waals surface area contributed by atoms with Gasteiger partial charge in [0.05, 0.1) is 24.0 Å². The molecule has 0 aliphatic carbocycles. The molecule has 0 aromatic heterocycles. The third-order valence-corrected chi connectivity index (χ3v) is 2.98. The highest BCUT2D eigenvalue weighted by Crippen LogP contribution is 2.23. The second-order valence-electron chi connectivity index (χ2n) is 4.15. The van der Waals surface area contributed by atoms with Crippen molar-refractivity contribution < 1.29 is 0 Å². The molecule has 3 nitrogen and oxygen atoms in total. The maximum absolute atomic E-state index is 8.92. The number of hydrogen-bond acceptors (Lipinski definition) is 3. The molecule has 1 aliphatic heterocycles. The maximum atomic E-state index is 8.92. The highest BCUT2D eigenvalue weighted by atomic mass is 15.1. The summed E-state index contributed by atoms with van der Waals surface area (Å²) in [4.78, 5) is 2.18. The van der Waals surface area contributed by atoms with Gasteiger partial charge in [-0.25, -0.2) is 0 Å². The van der Waals surface area contributed by atoms with Gasteiger partial charge in [0.1, 0.15) is 0 Å². The summed E-state index contributed by atoms with van der Waals surface area (Å²) in [6.07, 6.45) is 0. The Morgan fingerprint density at radius 1 is 1.06 bits per heavy atom. The fraction of sp³-hybridized carbons (Fsp3) is 0.385. The molecule has 80 valence electrons. The fourth-order valence-electron chi connectivity index (χ4n) is 2.12. The van der Waals surface area contributed by atoms with Crippen molar-refractivity contribution in [3.63, 3.8) is 0 Å². The van der Waals surface area contributed by atoms with Gasteiger partial charge in [0.2, 0.25) is 0 Å². The minimum Gasteiger partial charge on any atom is -0.296 e. The maximum Gasteiger partial charge on any atom is 0.0761 e. The molecule has 2 rings (SSSR count). The SMILES string of the molecule is N#C[C@@H]1CN(Cc2ccccc2)C[C@H]1C#N. The van der Waals surface area contributed by atoms with Crippen LogP contribution in [0.3, 0.4) is 0 Å². The predicted octanol–water partition coefficient (Wildman–Crippen LogP) is 1.78. The lowest BCUT2D eigenvalue weighted by molar-refractivity contribution is 0.321. The van der Waals surface area contributed by atoms with Gasteiger partial charge in [-0.3, -0.25) is 4.90 Å². The van der Waals surface area contributed by atoms with Gasteiger partial charge in [0.25, 0.3) is 0 Å². The van der Waals surface area contributed by atoms with E-state index >= 15 is 0 Å². The Hall–Kier alpha value is -1.84. The van der Waals surface area contributed by atoms with Crippen LogP contribution in [0.25, 0.3) is 0 Å². The van der Waals surface area contributed by atoms with Crippen LogP contribution in [0.4, 0.5) is 0 Å². The first-order valence-corrected chi connectivity index (χ1v) is 5.39. The topological polar surface area (TPSA) is 50.8 Å². The number of hydrogen-bond donors (Lipinski definition) is 0. The quantitative estimate of drug-likeness (QED) is 0.749. The lowest BCUT2D eigenvalue weighted by atomic mass is 10.00. The molecule has 0 N–H and O–H groups in total. The Morgan fingerprint density at radius 2 is 1.62 bits per heavy atom. The summed E-state index contributed by atoms with van der Waals surface area (Å²) >= 11 is 0. The van der Waals surface area contributed by atoms with Crippen molar-refractivity contribution in [1.29, 1.82) is 10.5 Å². The zero-order valence-electron chi connectivity index (χ0n) is 9.00. The molecule has 0 unspecified atom stereocenters. The standard InChI is InChI=1S/C13H13N3/c14-6-12-9-16(10-13(12)7-15)8-11-4-2-1-3-5-11/h1-5,12-13H,8-10H2/t12-,13-/m1/s1. The highest BCUT2D eigenvalue weighted by Gasteiger charge is 2.32. The first-order valence-electron chi connectivity index (χ1n) is 5.39. The average molecular weight is 211 g/mol. The van der Waals surface area contributed by atoms with Crippen LogP contribution in [0, 0.1) is 34.5 Å². The fourth-order valence-corrected chi connectivity index (χ4v) is 2.12. The highest BCUT2D eigenvalue weighted by molar-refractivity contribution is 5.15. The third kappa shape index (κ3) is 2.21. The van der Waals surface area contributed by atoms with Crippen LogP contribution in [0.2, 0.25) is 0 Å². The first kappa shape index (κ1) is 10.7. The van der Waals surface area contributed by atoms with E-state index in [1.54, 1.807) is 0 Å². The first-order chi connectivity index (χ1) is 7.83. The van der Waals surface area contributed by atoms with Gasteiger partial charge in [-0.2, -0.15) is 10.5 Å². The molecular formula is C13H13N3. The molecule has 1 aromatic rings. The summed E-state index contributed by atoms with van der Waals surface area (Å²) in [5.41, 5.74) is 1.23. The Kier molecular flexibility index (Phi) is 3.19. The minimum atomic E-state index is -0.131. The largest absolute Gasteiger partial charge is 0.296 e. The van der Waals surface area contributed by atoms with E-state index in [-0.39, 0.29) is 11.8 Å². The van der Waals surface area contributed by atoms with Crippen LogP contribution in [-0.4, -0.2) is 18.0 Å². The molecule has 3 heteroatoms. The van der Waals surface area contributed by atoms with Crippen LogP contribution in [-0.2, 0) is 6.54 Å². The van der Waals surface area contributed by atoms with Gasteiger partial charge in [-0.1, -0.05) is 30.3 Å². The Bertz CT molecular complexity index is 405. The number of nitrogens with zero attached hydrogens (tertiary/aromatic N) is 3. The molecule has 2 atom stereocenters. The van der Waals surface area contributed by atoms with E-state index < -0.39 is 0 Å². The van der Waals surface area contributed by atoms with Crippen molar-refractivity contribution >= 4 is 0 Å². The lowest BCUT2D eigenvalue weighted by Gasteiger charge is -2.14. The van der Waals surface area contributed by atoms with E-state index in [0.717, 1.165) is 6.54 Å². The molecule has 0 amide bonds. The van der Waals surface area contributed by atoms with E-state index in [4.69, 9.17) is 10.5 Å². The lowest BCUT2D eigenvalue weighted by Crippen LogP contribution is -2.20. The van der Waals surface area contributed by atoms with Crippen molar-refractivity contribution in [3.8, 4) is 12.1 Å². The van der Waals surface area contributed by atoms with Crippen molar-refractivity contribution in [2.24, 2.45) is 11.8 Å². The molecule has 0 bridgehead atoms. The Labute approximate surface area is 95.5 Å². The molecule has 0 saturated carbocycles. The molecular weight excluding hydrogens is 198 g/mol. The Morgan fingerprint density at radius 3 is 2.12 bits per heavy atom. The third-order valence-electron chi connectivity index (χ3n) is 2.98. The Balaban J connectivity index is 2.00. The normalized spacial score (nSPS) is 24.9. The molecule has 1 fully saturated rings. The second kappa shape index (κ2) is 4.79. The van der Waals surface area contributed by atoms with Crippen LogP contribution >= 0.6 is 0 Å². The summed E-state index contributed by atoms with van der Waals surface area (Å²) < 4.78 is 0. The van der Waals surface area contributed by atoms with Gasteiger partial charge >= 0.3 is 0 Å². The van der Waals surface area contributed by atoms with Crippen molar-refractivity contribution in [1.82, 2.24) is 4.90 Å². The second-order valence-corrected chi connectivity index (χ2v) is 4.15. The summed E-state index contributed by atoms with van der Waals surface area (Å²) in [7, 11) is 0. The van der Waals surface area contributed by atoms with Crippen LogP contribution in [0.1, 0.15) is 5.56 Å². The molecule has 16 heavy (non-hydrogen) atoms. The minimum absolute atomic E-state index is 0.131. The van der Waals surface area contributed by atoms with Gasteiger partial charge < -0.3 is 0 Å². The smallest absolute Gasteiger partial charge is 0.0761 e. The van der Waals surface area contributed by atoms with Crippen molar-refractivity contribution in [2.75, 3.05) is 13.1 Å². The molecule has 1 aromatic carbocycles. The van der Waals surface area contributed by atoms with Crippen LogP contribution in [0.5, 0.6) is 0 Å². The van der Waals surface area contributed by atoms with Gasteiger partial charge in [-0.15, -0.1) is 0 Å². The molecule has 1 aliphatic rings. The summed E-state index contributed by atoms with van der Waals surface area (Å²) in [6, 6.07) is 14.6. The van der Waals surface area contributed by atoms with E-state index in [9.17, 15) is 0 Å². The summed E-state index contributed by atoms with van der Waals surface area (Å²) in [5, 5.41) is 17.8. The van der Waals surface area contributed by atoms with Crippen LogP contribution in [0.15, 0.2) is 30.3 Å². The molecule has 1 saturated heterocycles. The van der Waals surface area contributed by atoms with Crippen molar-refractivity contribution in [3.05, 3.63) is 35.9 Å². The number of likely N-dealkylation sites (tertiary alicyclic amines) is 1. The van der Waals surface area contributed by atoms with Gasteiger partial charge in [0, 0.05) is 19.6 Å². The van der Waals surface area contributed by atoms with Gasteiger partial charge in [-0.05, 0) is 5.56 Å². The van der Waals surface area contributed by atoms with Crippen LogP contribution < -0.4 is 0 Å². The summed E-state index contributed by atoms with van der Waals surface area (Å²) in [6.45, 7) is 2.25. The zero-order chi connectivity index (χ0) is 11.4. The average Bonchev–Trinajstić information content (AvgIpc) is 2.72. The van der Waals surface area contributed by atoms with E-state index in [0.29, 0.717) is 13.1 Å². The number of benzene rings is 1. The van der Waals surface area contributed by atoms with E-state index in [2.05, 4.69) is 29.2 Å². The van der Waals surface area contributed by atoms with E-state index in [1.807, 2.05) is 18.2 Å². The number of rotatable bonds is 2. The van der Waals surface area contributed by atoms with Gasteiger partial charge in [0.15, 0.2) is 0 Å². The predicted molar refractivity (Wildman–Crippen MR) is 59.9 cm³/mol. The zero-order valence-corrected chi connectivity index (χ0v) is 9.00.